The first-order valence-corrected chi connectivity index (χ1v) is 10.0. The van der Waals surface area contributed by atoms with Gasteiger partial charge in [-0.05, 0) is 37.3 Å². The van der Waals surface area contributed by atoms with Gasteiger partial charge in [0.05, 0.1) is 12.5 Å². The Kier molecular flexibility index (Phi) is 4.70. The number of aromatic nitrogens is 1. The molecule has 27 heavy (non-hydrogen) atoms. The third kappa shape index (κ3) is 3.24. The number of carbonyl (C=O) groups is 3. The minimum Gasteiger partial charge on any atom is -0.364 e. The Labute approximate surface area is 159 Å². The SMILES string of the molecule is Cn1c(C(N)=O)cc2c1CN(C(=O)[C@H]1CCC(=O)N(C3CCCC3)C1)CC2. The van der Waals surface area contributed by atoms with Gasteiger partial charge in [-0.1, -0.05) is 12.8 Å². The molecule has 2 N–H and O–H groups in total. The van der Waals surface area contributed by atoms with E-state index in [2.05, 4.69) is 0 Å². The zero-order chi connectivity index (χ0) is 19.1. The van der Waals surface area contributed by atoms with Crippen molar-refractivity contribution >= 4 is 17.7 Å². The normalized spacial score (nSPS) is 23.6. The fourth-order valence-electron chi connectivity index (χ4n) is 4.97. The highest BCUT2D eigenvalue weighted by Crippen LogP contribution is 2.30. The average molecular weight is 372 g/mol. The van der Waals surface area contributed by atoms with Gasteiger partial charge >= 0.3 is 0 Å². The van der Waals surface area contributed by atoms with Crippen molar-refractivity contribution in [2.24, 2.45) is 18.7 Å². The lowest BCUT2D eigenvalue weighted by Gasteiger charge is -2.39. The molecule has 0 bridgehead atoms. The summed E-state index contributed by atoms with van der Waals surface area (Å²) in [4.78, 5) is 41.0. The van der Waals surface area contributed by atoms with Crippen molar-refractivity contribution in [3.8, 4) is 0 Å². The lowest BCUT2D eigenvalue weighted by atomic mass is 9.93. The van der Waals surface area contributed by atoms with E-state index in [4.69, 9.17) is 5.73 Å². The Balaban J connectivity index is 1.47. The Bertz CT molecular complexity index is 778. The minimum atomic E-state index is -0.442. The Morgan fingerprint density at radius 2 is 1.89 bits per heavy atom. The van der Waals surface area contributed by atoms with Crippen molar-refractivity contribution in [2.45, 2.75) is 57.5 Å². The Morgan fingerprint density at radius 1 is 1.15 bits per heavy atom. The van der Waals surface area contributed by atoms with Gasteiger partial charge in [-0.3, -0.25) is 14.4 Å². The predicted octanol–water partition coefficient (Wildman–Crippen LogP) is 1.19. The monoisotopic (exact) mass is 372 g/mol. The summed E-state index contributed by atoms with van der Waals surface area (Å²) >= 11 is 0. The fourth-order valence-corrected chi connectivity index (χ4v) is 4.97. The van der Waals surface area contributed by atoms with Crippen molar-refractivity contribution < 1.29 is 14.4 Å². The smallest absolute Gasteiger partial charge is 0.265 e. The van der Waals surface area contributed by atoms with E-state index >= 15 is 0 Å². The molecule has 3 heterocycles. The van der Waals surface area contributed by atoms with Gasteiger partial charge in [-0.15, -0.1) is 0 Å². The van der Waals surface area contributed by atoms with Crippen LogP contribution in [0, 0.1) is 5.92 Å². The highest BCUT2D eigenvalue weighted by atomic mass is 16.2. The molecule has 3 aliphatic rings. The number of amides is 3. The van der Waals surface area contributed by atoms with Gasteiger partial charge in [-0.2, -0.15) is 0 Å². The van der Waals surface area contributed by atoms with Gasteiger partial charge in [0.1, 0.15) is 5.69 Å². The van der Waals surface area contributed by atoms with Crippen LogP contribution < -0.4 is 5.73 Å². The molecule has 0 aromatic carbocycles. The van der Waals surface area contributed by atoms with Gasteiger partial charge < -0.3 is 20.1 Å². The maximum atomic E-state index is 13.2. The molecule has 0 spiro atoms. The fraction of sp³-hybridized carbons (Fsp3) is 0.650. The summed E-state index contributed by atoms with van der Waals surface area (Å²) in [5, 5.41) is 0. The van der Waals surface area contributed by atoms with Gasteiger partial charge in [0.2, 0.25) is 11.8 Å². The standard InChI is InChI=1S/C20H28N4O3/c1-22-16(19(21)26)10-13-8-9-23(12-17(13)22)20(27)14-6-7-18(25)24(11-14)15-4-2-3-5-15/h10,14-15H,2-9,11-12H2,1H3,(H2,21,26)/t14-/m0/s1. The summed E-state index contributed by atoms with van der Waals surface area (Å²) in [6.45, 7) is 1.72. The molecule has 4 rings (SSSR count). The molecule has 1 saturated heterocycles. The second-order valence-corrected chi connectivity index (χ2v) is 8.15. The van der Waals surface area contributed by atoms with E-state index in [1.54, 1.807) is 0 Å². The van der Waals surface area contributed by atoms with Crippen LogP contribution >= 0.6 is 0 Å². The van der Waals surface area contributed by atoms with Crippen LogP contribution in [0.1, 0.15) is 60.3 Å². The number of primary amides is 1. The molecule has 1 aliphatic carbocycles. The average Bonchev–Trinajstić information content (AvgIpc) is 3.30. The van der Waals surface area contributed by atoms with Crippen molar-refractivity contribution in [3.63, 3.8) is 0 Å². The van der Waals surface area contributed by atoms with Crippen LogP contribution in [0.3, 0.4) is 0 Å². The second-order valence-electron chi connectivity index (χ2n) is 8.15. The molecular formula is C20H28N4O3. The number of nitrogens with two attached hydrogens (primary N) is 1. The number of likely N-dealkylation sites (tertiary alicyclic amines) is 1. The lowest BCUT2D eigenvalue weighted by Crippen LogP contribution is -2.50. The Morgan fingerprint density at radius 3 is 2.59 bits per heavy atom. The van der Waals surface area contributed by atoms with E-state index in [0.717, 1.165) is 30.5 Å². The summed E-state index contributed by atoms with van der Waals surface area (Å²) in [7, 11) is 1.83. The third-order valence-corrected chi connectivity index (χ3v) is 6.56. The van der Waals surface area contributed by atoms with Gasteiger partial charge in [0, 0.05) is 38.3 Å². The van der Waals surface area contributed by atoms with Gasteiger partial charge in [0.15, 0.2) is 0 Å². The first-order valence-electron chi connectivity index (χ1n) is 10.0. The quantitative estimate of drug-likeness (QED) is 0.864. The molecule has 0 unspecified atom stereocenters. The molecule has 1 aromatic heterocycles. The lowest BCUT2D eigenvalue weighted by molar-refractivity contribution is -0.145. The molecule has 2 aliphatic heterocycles. The summed E-state index contributed by atoms with van der Waals surface area (Å²) < 4.78 is 1.81. The number of carbonyl (C=O) groups excluding carboxylic acids is 3. The van der Waals surface area contributed by atoms with Gasteiger partial charge in [-0.25, -0.2) is 0 Å². The molecule has 2 fully saturated rings. The van der Waals surface area contributed by atoms with Crippen molar-refractivity contribution in [2.75, 3.05) is 13.1 Å². The number of hydrogen-bond donors (Lipinski definition) is 1. The van der Waals surface area contributed by atoms with Crippen LogP contribution in [0.5, 0.6) is 0 Å². The van der Waals surface area contributed by atoms with Crippen molar-refractivity contribution in [3.05, 3.63) is 23.0 Å². The molecule has 1 aromatic rings. The third-order valence-electron chi connectivity index (χ3n) is 6.56. The van der Waals surface area contributed by atoms with Crippen LogP contribution in [0.15, 0.2) is 6.07 Å². The van der Waals surface area contributed by atoms with Crippen LogP contribution in [-0.2, 0) is 29.6 Å². The highest BCUT2D eigenvalue weighted by Gasteiger charge is 2.37. The number of piperidine rings is 1. The molecule has 1 atom stereocenters. The maximum absolute atomic E-state index is 13.2. The molecule has 0 radical (unpaired) electrons. The van der Waals surface area contributed by atoms with Gasteiger partial charge in [0.25, 0.3) is 5.91 Å². The van der Waals surface area contributed by atoms with E-state index in [1.165, 1.54) is 12.8 Å². The second kappa shape index (κ2) is 7.02. The summed E-state index contributed by atoms with van der Waals surface area (Å²) in [5.74, 6) is -0.207. The van der Waals surface area contributed by atoms with E-state index < -0.39 is 5.91 Å². The largest absolute Gasteiger partial charge is 0.364 e. The molecule has 1 saturated carbocycles. The molecule has 146 valence electrons. The van der Waals surface area contributed by atoms with Crippen molar-refractivity contribution in [1.29, 1.82) is 0 Å². The van der Waals surface area contributed by atoms with E-state index in [0.29, 0.717) is 44.2 Å². The van der Waals surface area contributed by atoms with Crippen LogP contribution in [0.2, 0.25) is 0 Å². The maximum Gasteiger partial charge on any atom is 0.265 e. The highest BCUT2D eigenvalue weighted by molar-refractivity contribution is 5.92. The Hall–Kier alpha value is -2.31. The first-order chi connectivity index (χ1) is 13.0. The number of rotatable bonds is 3. The van der Waals surface area contributed by atoms with E-state index in [-0.39, 0.29) is 17.7 Å². The number of nitrogens with zero attached hydrogens (tertiary/aromatic N) is 3. The zero-order valence-corrected chi connectivity index (χ0v) is 15.9. The van der Waals surface area contributed by atoms with E-state index in [1.807, 2.05) is 27.5 Å². The van der Waals surface area contributed by atoms with Crippen LogP contribution in [0.4, 0.5) is 0 Å². The molecular weight excluding hydrogens is 344 g/mol. The number of hydrogen-bond acceptors (Lipinski definition) is 3. The molecule has 7 nitrogen and oxygen atoms in total. The topological polar surface area (TPSA) is 88.6 Å². The van der Waals surface area contributed by atoms with E-state index in [9.17, 15) is 14.4 Å². The number of fused-ring (bicyclic) bond motifs is 1. The predicted molar refractivity (Wildman–Crippen MR) is 99.7 cm³/mol. The van der Waals surface area contributed by atoms with Crippen molar-refractivity contribution in [1.82, 2.24) is 14.4 Å². The summed E-state index contributed by atoms with van der Waals surface area (Å²) in [6.07, 6.45) is 6.35. The van der Waals surface area contributed by atoms with Crippen LogP contribution in [0.25, 0.3) is 0 Å². The summed E-state index contributed by atoms with van der Waals surface area (Å²) in [6, 6.07) is 2.17. The zero-order valence-electron chi connectivity index (χ0n) is 15.9. The van der Waals surface area contributed by atoms with Crippen LogP contribution in [-0.4, -0.2) is 51.2 Å². The summed E-state index contributed by atoms with van der Waals surface area (Å²) in [5.41, 5.74) is 8.03. The molecule has 3 amide bonds. The molecule has 7 heteroatoms. The minimum absolute atomic E-state index is 0.110. The first kappa shape index (κ1) is 18.1.